The molecule has 3 unspecified atom stereocenters. The molecule has 18 heavy (non-hydrogen) atoms. The fourth-order valence-corrected chi connectivity index (χ4v) is 2.64. The number of ether oxygens (including phenoxy) is 1. The Kier molecular flexibility index (Phi) is 4.79. The highest BCUT2D eigenvalue weighted by Gasteiger charge is 2.30. The molecule has 0 heterocycles. The van der Waals surface area contributed by atoms with Crippen LogP contribution < -0.4 is 0 Å². The average molecular weight is 248 g/mol. The van der Waals surface area contributed by atoms with Crippen LogP contribution in [-0.2, 0) is 4.74 Å². The lowest BCUT2D eigenvalue weighted by Gasteiger charge is -2.34. The summed E-state index contributed by atoms with van der Waals surface area (Å²) in [6.45, 7) is 5.02. The van der Waals surface area contributed by atoms with E-state index in [0.717, 1.165) is 25.9 Å². The highest BCUT2D eigenvalue weighted by atomic mass is 16.5. The van der Waals surface area contributed by atoms with E-state index in [1.54, 1.807) is 0 Å². The van der Waals surface area contributed by atoms with Gasteiger partial charge in [0, 0.05) is 6.61 Å². The number of hydrogen-bond acceptors (Lipinski definition) is 2. The van der Waals surface area contributed by atoms with Crippen LogP contribution in [0.4, 0.5) is 0 Å². The van der Waals surface area contributed by atoms with E-state index in [1.807, 2.05) is 6.07 Å². The number of aliphatic hydroxyl groups is 1. The van der Waals surface area contributed by atoms with Gasteiger partial charge in [-0.3, -0.25) is 0 Å². The Hall–Kier alpha value is -0.860. The predicted octanol–water partition coefficient (Wildman–Crippen LogP) is 3.36. The quantitative estimate of drug-likeness (QED) is 0.885. The predicted molar refractivity (Wildman–Crippen MR) is 73.6 cm³/mol. The Morgan fingerprint density at radius 3 is 2.61 bits per heavy atom. The Morgan fingerprint density at radius 1 is 1.22 bits per heavy atom. The highest BCUT2D eigenvalue weighted by molar-refractivity contribution is 5.20. The standard InChI is InChI=1S/C16H24O2/c1-12(2)11-18-16-10-14(8-9-15(16)17)13-6-4-3-5-7-13/h3-7,12,14-17H,8-11H2,1-2H3. The fourth-order valence-electron chi connectivity index (χ4n) is 2.64. The molecule has 1 aromatic carbocycles. The van der Waals surface area contributed by atoms with Crippen molar-refractivity contribution in [3.05, 3.63) is 35.9 Å². The fraction of sp³-hybridized carbons (Fsp3) is 0.625. The van der Waals surface area contributed by atoms with Gasteiger partial charge in [-0.15, -0.1) is 0 Å². The zero-order chi connectivity index (χ0) is 13.0. The molecule has 1 saturated carbocycles. The normalized spacial score (nSPS) is 28.6. The zero-order valence-corrected chi connectivity index (χ0v) is 11.4. The summed E-state index contributed by atoms with van der Waals surface area (Å²) in [6, 6.07) is 10.6. The van der Waals surface area contributed by atoms with Crippen LogP contribution in [0.5, 0.6) is 0 Å². The number of benzene rings is 1. The molecule has 0 amide bonds. The second-order valence-electron chi connectivity index (χ2n) is 5.75. The molecule has 1 aliphatic rings. The van der Waals surface area contributed by atoms with Crippen molar-refractivity contribution in [3.63, 3.8) is 0 Å². The maximum absolute atomic E-state index is 10.0. The lowest BCUT2D eigenvalue weighted by Crippen LogP contribution is -2.36. The van der Waals surface area contributed by atoms with Gasteiger partial charge in [0.15, 0.2) is 0 Å². The molecule has 1 aromatic rings. The monoisotopic (exact) mass is 248 g/mol. The molecule has 0 aromatic heterocycles. The van der Waals surface area contributed by atoms with Crippen LogP contribution in [0.2, 0.25) is 0 Å². The molecule has 3 atom stereocenters. The highest BCUT2D eigenvalue weighted by Crippen LogP contribution is 2.34. The van der Waals surface area contributed by atoms with E-state index in [0.29, 0.717) is 11.8 Å². The molecule has 0 saturated heterocycles. The summed E-state index contributed by atoms with van der Waals surface area (Å²) in [6.07, 6.45) is 2.57. The second-order valence-corrected chi connectivity index (χ2v) is 5.75. The first kappa shape index (κ1) is 13.6. The summed E-state index contributed by atoms with van der Waals surface area (Å²) >= 11 is 0. The molecule has 1 N–H and O–H groups in total. The van der Waals surface area contributed by atoms with E-state index in [1.165, 1.54) is 5.56 Å². The van der Waals surface area contributed by atoms with Crippen molar-refractivity contribution in [2.45, 2.75) is 51.2 Å². The van der Waals surface area contributed by atoms with E-state index in [4.69, 9.17) is 4.74 Å². The van der Waals surface area contributed by atoms with Crippen molar-refractivity contribution in [1.29, 1.82) is 0 Å². The van der Waals surface area contributed by atoms with Crippen molar-refractivity contribution in [2.24, 2.45) is 5.92 Å². The van der Waals surface area contributed by atoms with Crippen LogP contribution >= 0.6 is 0 Å². The molecule has 0 aliphatic heterocycles. The Balaban J connectivity index is 1.96. The molecular weight excluding hydrogens is 224 g/mol. The first-order valence-corrected chi connectivity index (χ1v) is 7.01. The van der Waals surface area contributed by atoms with E-state index in [2.05, 4.69) is 38.1 Å². The third-order valence-corrected chi connectivity index (χ3v) is 3.67. The Bertz CT molecular complexity index is 347. The number of hydrogen-bond donors (Lipinski definition) is 1. The third-order valence-electron chi connectivity index (χ3n) is 3.67. The summed E-state index contributed by atoms with van der Waals surface area (Å²) in [5.74, 6) is 1.06. The van der Waals surface area contributed by atoms with Gasteiger partial charge in [-0.1, -0.05) is 44.2 Å². The van der Waals surface area contributed by atoms with Crippen molar-refractivity contribution in [1.82, 2.24) is 0 Å². The first-order valence-electron chi connectivity index (χ1n) is 7.01. The minimum Gasteiger partial charge on any atom is -0.390 e. The summed E-state index contributed by atoms with van der Waals surface area (Å²) in [7, 11) is 0. The Labute approximate surface area is 110 Å². The number of aliphatic hydroxyl groups excluding tert-OH is 1. The van der Waals surface area contributed by atoms with Crippen LogP contribution in [0, 0.1) is 5.92 Å². The van der Waals surface area contributed by atoms with E-state index >= 15 is 0 Å². The molecule has 100 valence electrons. The van der Waals surface area contributed by atoms with Gasteiger partial charge in [-0.2, -0.15) is 0 Å². The molecule has 2 rings (SSSR count). The second kappa shape index (κ2) is 6.35. The molecule has 1 aliphatic carbocycles. The summed E-state index contributed by atoms with van der Waals surface area (Å²) in [4.78, 5) is 0. The average Bonchev–Trinajstić information content (AvgIpc) is 2.38. The van der Waals surface area contributed by atoms with Gasteiger partial charge in [0.2, 0.25) is 0 Å². The molecule has 2 nitrogen and oxygen atoms in total. The van der Waals surface area contributed by atoms with Crippen molar-refractivity contribution < 1.29 is 9.84 Å². The maximum atomic E-state index is 10.0. The zero-order valence-electron chi connectivity index (χ0n) is 11.4. The molecule has 1 fully saturated rings. The van der Waals surface area contributed by atoms with Crippen LogP contribution in [0.3, 0.4) is 0 Å². The van der Waals surface area contributed by atoms with Crippen LogP contribution in [0.15, 0.2) is 30.3 Å². The van der Waals surface area contributed by atoms with Gasteiger partial charge in [0.25, 0.3) is 0 Å². The van der Waals surface area contributed by atoms with Crippen LogP contribution in [0.1, 0.15) is 44.6 Å². The van der Waals surface area contributed by atoms with Gasteiger partial charge in [-0.05, 0) is 36.7 Å². The van der Waals surface area contributed by atoms with Gasteiger partial charge in [0.1, 0.15) is 0 Å². The summed E-state index contributed by atoms with van der Waals surface area (Å²) in [5, 5.41) is 10.0. The van der Waals surface area contributed by atoms with E-state index in [-0.39, 0.29) is 12.2 Å². The molecule has 0 spiro atoms. The van der Waals surface area contributed by atoms with Crippen molar-refractivity contribution >= 4 is 0 Å². The van der Waals surface area contributed by atoms with Crippen LogP contribution in [-0.4, -0.2) is 23.9 Å². The third kappa shape index (κ3) is 3.56. The number of rotatable bonds is 4. The minimum absolute atomic E-state index is 0.00589. The van der Waals surface area contributed by atoms with Crippen molar-refractivity contribution in [2.75, 3.05) is 6.61 Å². The van der Waals surface area contributed by atoms with Gasteiger partial charge in [-0.25, -0.2) is 0 Å². The molecule has 0 bridgehead atoms. The summed E-state index contributed by atoms with van der Waals surface area (Å²) in [5.41, 5.74) is 1.38. The first-order chi connectivity index (χ1) is 8.66. The van der Waals surface area contributed by atoms with Gasteiger partial charge < -0.3 is 9.84 Å². The van der Waals surface area contributed by atoms with Crippen molar-refractivity contribution in [3.8, 4) is 0 Å². The van der Waals surface area contributed by atoms with Gasteiger partial charge in [0.05, 0.1) is 12.2 Å². The SMILES string of the molecule is CC(C)COC1CC(c2ccccc2)CCC1O. The smallest absolute Gasteiger partial charge is 0.0839 e. The molecule has 2 heteroatoms. The van der Waals surface area contributed by atoms with Gasteiger partial charge >= 0.3 is 0 Å². The van der Waals surface area contributed by atoms with Crippen LogP contribution in [0.25, 0.3) is 0 Å². The lowest BCUT2D eigenvalue weighted by molar-refractivity contribution is -0.0706. The topological polar surface area (TPSA) is 29.5 Å². The lowest BCUT2D eigenvalue weighted by atomic mass is 9.81. The minimum atomic E-state index is -0.288. The molecule has 0 radical (unpaired) electrons. The van der Waals surface area contributed by atoms with E-state index < -0.39 is 0 Å². The maximum Gasteiger partial charge on any atom is 0.0839 e. The van der Waals surface area contributed by atoms with E-state index in [9.17, 15) is 5.11 Å². The Morgan fingerprint density at radius 2 is 1.94 bits per heavy atom. The largest absolute Gasteiger partial charge is 0.390 e. The molecular formula is C16H24O2. The summed E-state index contributed by atoms with van der Waals surface area (Å²) < 4.78 is 5.86.